The zero-order valence-corrected chi connectivity index (χ0v) is 8.16. The molecule has 0 spiro atoms. The molecule has 6 nitrogen and oxygen atoms in total. The Kier molecular flexibility index (Phi) is 4.00. The normalized spacial score (nSPS) is 10.6. The lowest BCUT2D eigenvalue weighted by Crippen LogP contribution is -1.96. The van der Waals surface area contributed by atoms with Gasteiger partial charge < -0.3 is 9.94 Å². The summed E-state index contributed by atoms with van der Waals surface area (Å²) < 4.78 is 5.23. The molecule has 0 aromatic heterocycles. The summed E-state index contributed by atoms with van der Waals surface area (Å²) in [5, 5.41) is 14.7. The summed E-state index contributed by atoms with van der Waals surface area (Å²) in [5.41, 5.74) is 8.74. The van der Waals surface area contributed by atoms with E-state index in [1.807, 2.05) is 6.92 Å². The second-order valence-corrected chi connectivity index (χ2v) is 2.57. The maximum Gasteiger partial charge on any atom is 0.173 e. The van der Waals surface area contributed by atoms with Crippen molar-refractivity contribution in [2.75, 3.05) is 6.61 Å². The molecular weight excluding hydrogens is 196 g/mol. The minimum absolute atomic E-state index is 0.0689. The van der Waals surface area contributed by atoms with Crippen LogP contribution in [0.15, 0.2) is 34.5 Å². The SMILES string of the molecule is CCOc1ccc(/C(N=[N+]=[N-])=N/O)cc1. The highest BCUT2D eigenvalue weighted by atomic mass is 16.5. The summed E-state index contributed by atoms with van der Waals surface area (Å²) in [4.78, 5) is 2.54. The van der Waals surface area contributed by atoms with Crippen LogP contribution in [-0.4, -0.2) is 17.6 Å². The van der Waals surface area contributed by atoms with Crippen molar-refractivity contribution in [3.63, 3.8) is 0 Å². The molecule has 1 rings (SSSR count). The van der Waals surface area contributed by atoms with Crippen LogP contribution in [0, 0.1) is 0 Å². The lowest BCUT2D eigenvalue weighted by Gasteiger charge is -2.03. The fraction of sp³-hybridized carbons (Fsp3) is 0.222. The molecule has 0 saturated carbocycles. The summed E-state index contributed by atoms with van der Waals surface area (Å²) in [5.74, 6) is 0.639. The van der Waals surface area contributed by atoms with Crippen LogP contribution in [0.4, 0.5) is 0 Å². The fourth-order valence-electron chi connectivity index (χ4n) is 1.04. The van der Waals surface area contributed by atoms with Crippen LogP contribution in [0.3, 0.4) is 0 Å². The molecule has 0 radical (unpaired) electrons. The van der Waals surface area contributed by atoms with Crippen molar-refractivity contribution in [3.05, 3.63) is 40.3 Å². The Morgan fingerprint density at radius 1 is 1.47 bits per heavy atom. The van der Waals surface area contributed by atoms with E-state index < -0.39 is 0 Å². The number of hydrogen-bond donors (Lipinski definition) is 1. The molecule has 0 fully saturated rings. The standard InChI is InChI=1S/C9H10N4O2/c1-2-15-8-5-3-7(4-6-8)9(12-14)11-13-10/h3-6,14H,2H2,1H3/b12-9-. The topological polar surface area (TPSA) is 90.6 Å². The first-order chi connectivity index (χ1) is 7.31. The lowest BCUT2D eigenvalue weighted by atomic mass is 10.2. The van der Waals surface area contributed by atoms with Crippen molar-refractivity contribution in [1.82, 2.24) is 0 Å². The maximum absolute atomic E-state index is 8.58. The van der Waals surface area contributed by atoms with E-state index in [0.29, 0.717) is 17.9 Å². The van der Waals surface area contributed by atoms with Gasteiger partial charge in [-0.3, -0.25) is 0 Å². The molecule has 78 valence electrons. The van der Waals surface area contributed by atoms with E-state index in [4.69, 9.17) is 15.5 Å². The summed E-state index contributed by atoms with van der Waals surface area (Å²) in [7, 11) is 0. The Hall–Kier alpha value is -2.20. The average molecular weight is 206 g/mol. The van der Waals surface area contributed by atoms with E-state index in [1.54, 1.807) is 24.3 Å². The van der Waals surface area contributed by atoms with E-state index >= 15 is 0 Å². The molecule has 1 aromatic carbocycles. The van der Waals surface area contributed by atoms with Crippen LogP contribution in [0.5, 0.6) is 5.75 Å². The molecule has 15 heavy (non-hydrogen) atoms. The molecule has 6 heteroatoms. The van der Waals surface area contributed by atoms with Crippen LogP contribution in [0.1, 0.15) is 12.5 Å². The van der Waals surface area contributed by atoms with Crippen molar-refractivity contribution < 1.29 is 9.94 Å². The average Bonchev–Trinajstić information content (AvgIpc) is 2.28. The molecule has 1 aromatic rings. The van der Waals surface area contributed by atoms with E-state index in [-0.39, 0.29) is 5.84 Å². The Bertz CT molecular complexity index is 393. The molecule has 0 aliphatic carbocycles. The third-order valence-corrected chi connectivity index (χ3v) is 1.66. The molecule has 1 N–H and O–H groups in total. The van der Waals surface area contributed by atoms with E-state index in [1.165, 1.54) is 0 Å². The van der Waals surface area contributed by atoms with Crippen LogP contribution in [-0.2, 0) is 0 Å². The lowest BCUT2D eigenvalue weighted by molar-refractivity contribution is 0.318. The van der Waals surface area contributed by atoms with Gasteiger partial charge in [-0.05, 0) is 41.8 Å². The number of azide groups is 1. The highest BCUT2D eigenvalue weighted by Gasteiger charge is 2.01. The Labute approximate surface area is 86.4 Å². The molecule has 0 heterocycles. The minimum Gasteiger partial charge on any atom is -0.494 e. The van der Waals surface area contributed by atoms with Crippen molar-refractivity contribution in [2.45, 2.75) is 6.92 Å². The summed E-state index contributed by atoms with van der Waals surface area (Å²) in [6.07, 6.45) is 0. The Balaban J connectivity index is 2.92. The van der Waals surface area contributed by atoms with Crippen LogP contribution >= 0.6 is 0 Å². The number of benzene rings is 1. The maximum atomic E-state index is 8.58. The molecule has 0 amide bonds. The second kappa shape index (κ2) is 5.51. The number of hydrogen-bond acceptors (Lipinski definition) is 3. The third-order valence-electron chi connectivity index (χ3n) is 1.66. The van der Waals surface area contributed by atoms with Gasteiger partial charge in [-0.15, -0.1) is 0 Å². The van der Waals surface area contributed by atoms with E-state index in [2.05, 4.69) is 15.2 Å². The first-order valence-electron chi connectivity index (χ1n) is 4.32. The number of nitrogens with zero attached hydrogens (tertiary/aromatic N) is 4. The van der Waals surface area contributed by atoms with Crippen molar-refractivity contribution in [3.8, 4) is 5.75 Å². The second-order valence-electron chi connectivity index (χ2n) is 2.57. The first kappa shape index (κ1) is 10.9. The van der Waals surface area contributed by atoms with Crippen LogP contribution in [0.25, 0.3) is 10.4 Å². The molecule has 0 atom stereocenters. The highest BCUT2D eigenvalue weighted by Crippen LogP contribution is 2.13. The van der Waals surface area contributed by atoms with E-state index in [0.717, 1.165) is 0 Å². The molecule has 0 aliphatic rings. The summed E-state index contributed by atoms with van der Waals surface area (Å²) in [6.45, 7) is 2.46. The van der Waals surface area contributed by atoms with Gasteiger partial charge in [-0.1, -0.05) is 5.16 Å². The van der Waals surface area contributed by atoms with Crippen LogP contribution < -0.4 is 4.74 Å². The first-order valence-corrected chi connectivity index (χ1v) is 4.32. The zero-order chi connectivity index (χ0) is 11.1. The monoisotopic (exact) mass is 206 g/mol. The van der Waals surface area contributed by atoms with Gasteiger partial charge in [0.05, 0.1) is 6.61 Å². The van der Waals surface area contributed by atoms with Crippen molar-refractivity contribution >= 4 is 5.84 Å². The molecule has 0 bridgehead atoms. The quantitative estimate of drug-likeness (QED) is 0.156. The predicted molar refractivity (Wildman–Crippen MR) is 55.1 cm³/mol. The predicted octanol–water partition coefficient (Wildman–Crippen LogP) is 2.53. The molecule has 0 aliphatic heterocycles. The number of ether oxygens (including phenoxy) is 1. The van der Waals surface area contributed by atoms with Gasteiger partial charge in [0.25, 0.3) is 0 Å². The fourth-order valence-corrected chi connectivity index (χ4v) is 1.04. The smallest absolute Gasteiger partial charge is 0.173 e. The summed E-state index contributed by atoms with van der Waals surface area (Å²) >= 11 is 0. The zero-order valence-electron chi connectivity index (χ0n) is 8.16. The van der Waals surface area contributed by atoms with Gasteiger partial charge in [-0.25, -0.2) is 0 Å². The summed E-state index contributed by atoms with van der Waals surface area (Å²) in [6, 6.07) is 6.71. The van der Waals surface area contributed by atoms with Gasteiger partial charge in [0.15, 0.2) is 5.84 Å². The van der Waals surface area contributed by atoms with Crippen molar-refractivity contribution in [1.29, 1.82) is 0 Å². The van der Waals surface area contributed by atoms with Crippen molar-refractivity contribution in [2.24, 2.45) is 10.3 Å². The van der Waals surface area contributed by atoms with Gasteiger partial charge in [0.1, 0.15) is 5.75 Å². The molecular formula is C9H10N4O2. The Morgan fingerprint density at radius 3 is 2.60 bits per heavy atom. The van der Waals surface area contributed by atoms with E-state index in [9.17, 15) is 0 Å². The minimum atomic E-state index is -0.0689. The number of oxime groups is 1. The Morgan fingerprint density at radius 2 is 2.13 bits per heavy atom. The molecule has 0 unspecified atom stereocenters. The van der Waals surface area contributed by atoms with Gasteiger partial charge in [-0.2, -0.15) is 0 Å². The number of amidine groups is 1. The third kappa shape index (κ3) is 2.89. The van der Waals surface area contributed by atoms with Gasteiger partial charge in [0.2, 0.25) is 0 Å². The highest BCUT2D eigenvalue weighted by molar-refractivity contribution is 5.99. The largest absolute Gasteiger partial charge is 0.494 e. The number of rotatable bonds is 3. The molecule has 0 saturated heterocycles. The van der Waals surface area contributed by atoms with Gasteiger partial charge in [0, 0.05) is 10.5 Å². The van der Waals surface area contributed by atoms with Gasteiger partial charge >= 0.3 is 0 Å². The van der Waals surface area contributed by atoms with Crippen LogP contribution in [0.2, 0.25) is 0 Å².